The molecular formula is C10H10F4N2O4. The minimum absolute atomic E-state index is 0.174. The number of rotatable bonds is 4. The van der Waals surface area contributed by atoms with Crippen molar-refractivity contribution < 1.29 is 27.8 Å². The molecule has 0 atom stereocenters. The SMILES string of the molecule is O=c1[nH]c(=O)n(CC(F)=C(CO)CO)cc1C(F)(F)F. The quantitative estimate of drug-likeness (QED) is 0.669. The molecule has 20 heavy (non-hydrogen) atoms. The molecule has 0 fully saturated rings. The van der Waals surface area contributed by atoms with E-state index in [0.29, 0.717) is 0 Å². The third-order valence-electron chi connectivity index (χ3n) is 2.39. The normalized spacial score (nSPS) is 11.5. The van der Waals surface area contributed by atoms with Gasteiger partial charge in [0.15, 0.2) is 0 Å². The molecule has 0 radical (unpaired) electrons. The highest BCUT2D eigenvalue weighted by Gasteiger charge is 2.35. The molecule has 0 aliphatic heterocycles. The first-order valence-corrected chi connectivity index (χ1v) is 5.19. The number of H-pyrrole nitrogens is 1. The number of nitrogens with zero attached hydrogens (tertiary/aromatic N) is 1. The molecule has 3 N–H and O–H groups in total. The van der Waals surface area contributed by atoms with Crippen molar-refractivity contribution in [2.24, 2.45) is 0 Å². The monoisotopic (exact) mass is 298 g/mol. The van der Waals surface area contributed by atoms with E-state index < -0.39 is 54.1 Å². The van der Waals surface area contributed by atoms with Crippen LogP contribution in [0.4, 0.5) is 17.6 Å². The number of allylic oxidation sites excluding steroid dienone is 1. The van der Waals surface area contributed by atoms with E-state index in [0.717, 1.165) is 0 Å². The van der Waals surface area contributed by atoms with Gasteiger partial charge in [-0.25, -0.2) is 9.18 Å². The minimum atomic E-state index is -5.00. The van der Waals surface area contributed by atoms with Crippen molar-refractivity contribution in [1.82, 2.24) is 9.55 Å². The zero-order chi connectivity index (χ0) is 15.5. The maximum Gasteiger partial charge on any atom is 0.423 e. The second-order valence-electron chi connectivity index (χ2n) is 3.75. The number of hydrogen-bond donors (Lipinski definition) is 3. The molecule has 1 aromatic heterocycles. The molecule has 0 amide bonds. The van der Waals surface area contributed by atoms with E-state index in [1.54, 1.807) is 0 Å². The summed E-state index contributed by atoms with van der Waals surface area (Å²) in [5.41, 5.74) is -5.00. The van der Waals surface area contributed by atoms with E-state index in [9.17, 15) is 27.2 Å². The number of aliphatic hydroxyl groups excluding tert-OH is 2. The van der Waals surface area contributed by atoms with Gasteiger partial charge in [0, 0.05) is 11.8 Å². The number of aromatic nitrogens is 2. The minimum Gasteiger partial charge on any atom is -0.392 e. The summed E-state index contributed by atoms with van der Waals surface area (Å²) in [6, 6.07) is 0. The molecule has 10 heteroatoms. The Morgan fingerprint density at radius 2 is 1.80 bits per heavy atom. The molecule has 0 saturated heterocycles. The van der Waals surface area contributed by atoms with Gasteiger partial charge in [0.25, 0.3) is 5.56 Å². The Hall–Kier alpha value is -1.94. The summed E-state index contributed by atoms with van der Waals surface area (Å²) in [6.07, 6.45) is -4.83. The van der Waals surface area contributed by atoms with Crippen molar-refractivity contribution >= 4 is 0 Å². The van der Waals surface area contributed by atoms with Crippen LogP contribution in [0.1, 0.15) is 5.56 Å². The Morgan fingerprint density at radius 1 is 1.25 bits per heavy atom. The van der Waals surface area contributed by atoms with Crippen molar-refractivity contribution in [2.45, 2.75) is 12.7 Å². The first-order valence-electron chi connectivity index (χ1n) is 5.19. The Bertz CT molecular complexity index is 623. The number of alkyl halides is 3. The lowest BCUT2D eigenvalue weighted by Gasteiger charge is -2.10. The van der Waals surface area contributed by atoms with Crippen LogP contribution in [0.3, 0.4) is 0 Å². The number of hydrogen-bond acceptors (Lipinski definition) is 4. The van der Waals surface area contributed by atoms with Crippen LogP contribution in [0.5, 0.6) is 0 Å². The molecule has 6 nitrogen and oxygen atoms in total. The summed E-state index contributed by atoms with van der Waals surface area (Å²) < 4.78 is 51.2. The van der Waals surface area contributed by atoms with Gasteiger partial charge in [-0.2, -0.15) is 13.2 Å². The number of halogens is 4. The van der Waals surface area contributed by atoms with Gasteiger partial charge in [-0.1, -0.05) is 0 Å². The maximum absolute atomic E-state index is 13.5. The lowest BCUT2D eigenvalue weighted by atomic mass is 10.2. The summed E-state index contributed by atoms with van der Waals surface area (Å²) >= 11 is 0. The highest BCUT2D eigenvalue weighted by atomic mass is 19.4. The molecule has 0 aliphatic carbocycles. The Morgan fingerprint density at radius 3 is 2.25 bits per heavy atom. The van der Waals surface area contributed by atoms with Crippen LogP contribution in [0.25, 0.3) is 0 Å². The van der Waals surface area contributed by atoms with Crippen molar-refractivity contribution in [1.29, 1.82) is 0 Å². The standard InChI is InChI=1S/C10H10F4N2O4/c11-7(5(3-17)4-18)2-16-1-6(10(12,13)14)8(19)15-9(16)20/h1,17-18H,2-4H2,(H,15,19,20). The van der Waals surface area contributed by atoms with E-state index >= 15 is 0 Å². The van der Waals surface area contributed by atoms with Gasteiger partial charge in [0.05, 0.1) is 19.8 Å². The van der Waals surface area contributed by atoms with Crippen LogP contribution in [0, 0.1) is 0 Å². The van der Waals surface area contributed by atoms with E-state index in [1.807, 2.05) is 0 Å². The molecule has 0 spiro atoms. The Kier molecular flexibility index (Phi) is 4.84. The maximum atomic E-state index is 13.5. The highest BCUT2D eigenvalue weighted by Crippen LogP contribution is 2.25. The Balaban J connectivity index is 3.31. The lowest BCUT2D eigenvalue weighted by molar-refractivity contribution is -0.139. The predicted octanol–water partition coefficient (Wildman–Crippen LogP) is -0.236. The summed E-state index contributed by atoms with van der Waals surface area (Å²) in [5, 5.41) is 17.4. The van der Waals surface area contributed by atoms with Crippen LogP contribution in [0.2, 0.25) is 0 Å². The van der Waals surface area contributed by atoms with Crippen molar-refractivity contribution in [3.63, 3.8) is 0 Å². The zero-order valence-electron chi connectivity index (χ0n) is 9.87. The molecule has 1 aromatic rings. The van der Waals surface area contributed by atoms with Crippen LogP contribution in [-0.2, 0) is 12.7 Å². The molecule has 1 rings (SSSR count). The summed E-state index contributed by atoms with van der Waals surface area (Å²) in [6.45, 7) is -2.66. The van der Waals surface area contributed by atoms with Crippen LogP contribution in [-0.4, -0.2) is 33.0 Å². The summed E-state index contributed by atoms with van der Waals surface area (Å²) in [7, 11) is 0. The van der Waals surface area contributed by atoms with Crippen LogP contribution >= 0.6 is 0 Å². The molecular weight excluding hydrogens is 288 g/mol. The topological polar surface area (TPSA) is 95.3 Å². The van der Waals surface area contributed by atoms with Gasteiger partial charge in [-0.15, -0.1) is 0 Å². The van der Waals surface area contributed by atoms with Crippen molar-refractivity contribution in [2.75, 3.05) is 13.2 Å². The van der Waals surface area contributed by atoms with E-state index in [-0.39, 0.29) is 10.8 Å². The van der Waals surface area contributed by atoms with Gasteiger partial charge in [-0.05, 0) is 0 Å². The molecule has 112 valence electrons. The van der Waals surface area contributed by atoms with E-state index in [4.69, 9.17) is 10.2 Å². The van der Waals surface area contributed by atoms with Gasteiger partial charge in [0.2, 0.25) is 0 Å². The van der Waals surface area contributed by atoms with Crippen molar-refractivity contribution in [3.05, 3.63) is 44.0 Å². The van der Waals surface area contributed by atoms with Gasteiger partial charge in [-0.3, -0.25) is 14.3 Å². The summed E-state index contributed by atoms with van der Waals surface area (Å²) in [4.78, 5) is 23.7. The fourth-order valence-electron chi connectivity index (χ4n) is 1.31. The molecule has 0 saturated carbocycles. The fourth-order valence-corrected chi connectivity index (χ4v) is 1.31. The first kappa shape index (κ1) is 16.1. The van der Waals surface area contributed by atoms with Gasteiger partial charge in [0.1, 0.15) is 11.4 Å². The predicted molar refractivity (Wildman–Crippen MR) is 58.6 cm³/mol. The number of aromatic amines is 1. The average Bonchev–Trinajstić information content (AvgIpc) is 2.32. The second-order valence-corrected chi connectivity index (χ2v) is 3.75. The number of nitrogens with one attached hydrogen (secondary N) is 1. The smallest absolute Gasteiger partial charge is 0.392 e. The van der Waals surface area contributed by atoms with Crippen molar-refractivity contribution in [3.8, 4) is 0 Å². The third-order valence-corrected chi connectivity index (χ3v) is 2.39. The lowest BCUT2D eigenvalue weighted by Crippen LogP contribution is -2.35. The molecule has 0 aliphatic rings. The number of aliphatic hydroxyl groups is 2. The highest BCUT2D eigenvalue weighted by molar-refractivity contribution is 5.12. The molecule has 0 bridgehead atoms. The van der Waals surface area contributed by atoms with E-state index in [1.165, 1.54) is 4.98 Å². The zero-order valence-corrected chi connectivity index (χ0v) is 9.87. The molecule has 0 aromatic carbocycles. The second kappa shape index (κ2) is 6.01. The molecule has 0 unspecified atom stereocenters. The first-order chi connectivity index (χ1) is 9.20. The van der Waals surface area contributed by atoms with Gasteiger partial charge >= 0.3 is 11.9 Å². The van der Waals surface area contributed by atoms with Gasteiger partial charge < -0.3 is 10.2 Å². The van der Waals surface area contributed by atoms with Crippen LogP contribution < -0.4 is 11.2 Å². The molecule has 1 heterocycles. The summed E-state index contributed by atoms with van der Waals surface area (Å²) in [5.74, 6) is -1.17. The Labute approximate surface area is 108 Å². The van der Waals surface area contributed by atoms with Crippen LogP contribution in [0.15, 0.2) is 27.2 Å². The largest absolute Gasteiger partial charge is 0.423 e. The fraction of sp³-hybridized carbons (Fsp3) is 0.400. The van der Waals surface area contributed by atoms with E-state index in [2.05, 4.69) is 0 Å². The average molecular weight is 298 g/mol. The third kappa shape index (κ3) is 3.54.